The van der Waals surface area contributed by atoms with Crippen molar-refractivity contribution in [3.63, 3.8) is 0 Å². The summed E-state index contributed by atoms with van der Waals surface area (Å²) in [6.45, 7) is 5.12. The van der Waals surface area contributed by atoms with Crippen LogP contribution in [0.25, 0.3) is 0 Å². The van der Waals surface area contributed by atoms with E-state index >= 15 is 0 Å². The normalized spacial score (nSPS) is 10.3. The Morgan fingerprint density at radius 1 is 1.04 bits per heavy atom. The first kappa shape index (κ1) is 18.5. The second kappa shape index (κ2) is 8.85. The van der Waals surface area contributed by atoms with E-state index in [0.717, 1.165) is 22.6 Å². The number of aromatic nitrogens is 1. The number of carbonyl (C=O) groups is 1. The van der Waals surface area contributed by atoms with Gasteiger partial charge in [0.2, 0.25) is 0 Å². The highest BCUT2D eigenvalue weighted by Gasteiger charge is 2.07. The van der Waals surface area contributed by atoms with Gasteiger partial charge in [0.15, 0.2) is 0 Å². The molecule has 0 unspecified atom stereocenters. The average Bonchev–Trinajstić information content (AvgIpc) is 2.69. The second-order valence-corrected chi connectivity index (χ2v) is 6.12. The highest BCUT2D eigenvalue weighted by molar-refractivity contribution is 5.94. The fraction of sp³-hybridized carbons (Fsp3) is 0.182. The molecule has 0 bridgehead atoms. The van der Waals surface area contributed by atoms with Gasteiger partial charge in [-0.1, -0.05) is 24.3 Å². The van der Waals surface area contributed by atoms with Gasteiger partial charge in [-0.15, -0.1) is 0 Å². The first-order valence-corrected chi connectivity index (χ1v) is 8.94. The number of benzene rings is 2. The molecule has 1 amide bonds. The number of carbonyl (C=O) groups excluding carboxylic acids is 1. The molecule has 1 aromatic heterocycles. The van der Waals surface area contributed by atoms with Gasteiger partial charge >= 0.3 is 0 Å². The molecule has 0 spiro atoms. The second-order valence-electron chi connectivity index (χ2n) is 6.12. The topological polar surface area (TPSA) is 63.2 Å². The van der Waals surface area contributed by atoms with E-state index in [4.69, 9.17) is 4.74 Å². The van der Waals surface area contributed by atoms with Gasteiger partial charge in [-0.25, -0.2) is 4.98 Å². The predicted octanol–water partition coefficient (Wildman–Crippen LogP) is 4.46. The third kappa shape index (κ3) is 5.07. The lowest BCUT2D eigenvalue weighted by atomic mass is 10.1. The number of hydrogen-bond donors (Lipinski definition) is 2. The molecule has 5 nitrogen and oxygen atoms in total. The molecule has 5 heteroatoms. The molecule has 3 rings (SSSR count). The first-order chi connectivity index (χ1) is 13.2. The monoisotopic (exact) mass is 361 g/mol. The largest absolute Gasteiger partial charge is 0.494 e. The number of hydrogen-bond acceptors (Lipinski definition) is 4. The van der Waals surface area contributed by atoms with Gasteiger partial charge in [0.05, 0.1) is 12.2 Å². The van der Waals surface area contributed by atoms with Gasteiger partial charge in [-0.2, -0.15) is 0 Å². The Kier molecular flexibility index (Phi) is 6.05. The zero-order valence-electron chi connectivity index (χ0n) is 15.5. The molecule has 0 aliphatic heterocycles. The van der Waals surface area contributed by atoms with E-state index in [1.165, 1.54) is 0 Å². The smallest absolute Gasteiger partial charge is 0.253 e. The number of rotatable bonds is 7. The summed E-state index contributed by atoms with van der Waals surface area (Å²) in [5.41, 5.74) is 3.70. The molecule has 2 N–H and O–H groups in total. The van der Waals surface area contributed by atoms with Gasteiger partial charge in [0, 0.05) is 18.4 Å². The lowest BCUT2D eigenvalue weighted by Crippen LogP contribution is -2.23. The highest BCUT2D eigenvalue weighted by atomic mass is 16.5. The molecule has 27 heavy (non-hydrogen) atoms. The molecule has 0 saturated carbocycles. The molecule has 3 aromatic rings. The van der Waals surface area contributed by atoms with Crippen molar-refractivity contribution in [2.75, 3.05) is 11.9 Å². The standard InChI is InChI=1S/C22H23N3O2/c1-3-27-20-11-9-19(10-12-20)25-21-13-8-18(15-23-21)22(26)24-14-17-7-5-4-6-16(17)2/h4-13,15H,3,14H2,1-2H3,(H,23,25)(H,24,26). The molecule has 0 saturated heterocycles. The van der Waals surface area contributed by atoms with Crippen LogP contribution in [0.2, 0.25) is 0 Å². The Balaban J connectivity index is 1.57. The van der Waals surface area contributed by atoms with Crippen LogP contribution in [0.4, 0.5) is 11.5 Å². The van der Waals surface area contributed by atoms with E-state index in [1.807, 2.05) is 62.4 Å². The van der Waals surface area contributed by atoms with Crippen LogP contribution in [-0.4, -0.2) is 17.5 Å². The Morgan fingerprint density at radius 2 is 1.81 bits per heavy atom. The van der Waals surface area contributed by atoms with Gasteiger partial charge in [-0.05, 0) is 61.4 Å². The molecule has 0 atom stereocenters. The van der Waals surface area contributed by atoms with Crippen LogP contribution in [0.5, 0.6) is 5.75 Å². The summed E-state index contributed by atoms with van der Waals surface area (Å²) in [7, 11) is 0. The summed E-state index contributed by atoms with van der Waals surface area (Å²) in [4.78, 5) is 16.6. The zero-order chi connectivity index (χ0) is 19.1. The lowest BCUT2D eigenvalue weighted by Gasteiger charge is -2.09. The first-order valence-electron chi connectivity index (χ1n) is 8.94. The van der Waals surface area contributed by atoms with Crippen LogP contribution in [0.3, 0.4) is 0 Å². The highest BCUT2D eigenvalue weighted by Crippen LogP contribution is 2.19. The minimum absolute atomic E-state index is 0.140. The Morgan fingerprint density at radius 3 is 2.48 bits per heavy atom. The van der Waals surface area contributed by atoms with Gasteiger partial charge in [0.25, 0.3) is 5.91 Å². The van der Waals surface area contributed by atoms with Crippen LogP contribution < -0.4 is 15.4 Å². The summed E-state index contributed by atoms with van der Waals surface area (Å²) >= 11 is 0. The van der Waals surface area contributed by atoms with Gasteiger partial charge < -0.3 is 15.4 Å². The molecule has 1 heterocycles. The summed E-state index contributed by atoms with van der Waals surface area (Å²) in [5, 5.41) is 6.14. The van der Waals surface area contributed by atoms with Crippen LogP contribution in [0, 0.1) is 6.92 Å². The third-order valence-electron chi connectivity index (χ3n) is 4.16. The fourth-order valence-corrected chi connectivity index (χ4v) is 2.64. The van der Waals surface area contributed by atoms with E-state index in [0.29, 0.717) is 24.5 Å². The molecular formula is C22H23N3O2. The Bertz CT molecular complexity index is 890. The minimum atomic E-state index is -0.140. The number of anilines is 2. The van der Waals surface area contributed by atoms with Crippen LogP contribution in [0.1, 0.15) is 28.4 Å². The van der Waals surface area contributed by atoms with Gasteiger partial charge in [-0.3, -0.25) is 4.79 Å². The van der Waals surface area contributed by atoms with Gasteiger partial charge in [0.1, 0.15) is 11.6 Å². The maximum absolute atomic E-state index is 12.3. The Hall–Kier alpha value is -3.34. The van der Waals surface area contributed by atoms with Crippen LogP contribution in [-0.2, 0) is 6.54 Å². The molecule has 138 valence electrons. The molecule has 2 aromatic carbocycles. The molecule has 0 fully saturated rings. The quantitative estimate of drug-likeness (QED) is 0.652. The van der Waals surface area contributed by atoms with Crippen molar-refractivity contribution in [2.45, 2.75) is 20.4 Å². The molecule has 0 aliphatic carbocycles. The SMILES string of the molecule is CCOc1ccc(Nc2ccc(C(=O)NCc3ccccc3C)cn2)cc1. The number of amides is 1. The third-order valence-corrected chi connectivity index (χ3v) is 4.16. The number of ether oxygens (including phenoxy) is 1. The number of pyridine rings is 1. The van der Waals surface area contributed by atoms with Crippen molar-refractivity contribution in [1.29, 1.82) is 0 Å². The predicted molar refractivity (Wildman–Crippen MR) is 107 cm³/mol. The number of nitrogens with one attached hydrogen (secondary N) is 2. The van der Waals surface area contributed by atoms with E-state index in [1.54, 1.807) is 18.3 Å². The maximum atomic E-state index is 12.3. The molecular weight excluding hydrogens is 338 g/mol. The van der Waals surface area contributed by atoms with E-state index < -0.39 is 0 Å². The molecule has 0 aliphatic rings. The fourth-order valence-electron chi connectivity index (χ4n) is 2.64. The number of aryl methyl sites for hydroxylation is 1. The summed E-state index contributed by atoms with van der Waals surface area (Å²) in [5.74, 6) is 1.37. The summed E-state index contributed by atoms with van der Waals surface area (Å²) in [6.07, 6.45) is 1.57. The van der Waals surface area contributed by atoms with Crippen LogP contribution in [0.15, 0.2) is 66.9 Å². The minimum Gasteiger partial charge on any atom is -0.494 e. The van der Waals surface area contributed by atoms with Crippen molar-refractivity contribution in [3.8, 4) is 5.75 Å². The average molecular weight is 361 g/mol. The van der Waals surface area contributed by atoms with Crippen molar-refractivity contribution in [2.24, 2.45) is 0 Å². The van der Waals surface area contributed by atoms with E-state index in [9.17, 15) is 4.79 Å². The van der Waals surface area contributed by atoms with E-state index in [2.05, 4.69) is 15.6 Å². The zero-order valence-corrected chi connectivity index (χ0v) is 15.5. The van der Waals surface area contributed by atoms with Crippen molar-refractivity contribution < 1.29 is 9.53 Å². The summed E-state index contributed by atoms with van der Waals surface area (Å²) in [6, 6.07) is 19.2. The lowest BCUT2D eigenvalue weighted by molar-refractivity contribution is 0.0950. The van der Waals surface area contributed by atoms with Crippen LogP contribution >= 0.6 is 0 Å². The maximum Gasteiger partial charge on any atom is 0.253 e. The van der Waals surface area contributed by atoms with Crippen molar-refractivity contribution >= 4 is 17.4 Å². The van der Waals surface area contributed by atoms with Crippen molar-refractivity contribution in [1.82, 2.24) is 10.3 Å². The number of nitrogens with zero attached hydrogens (tertiary/aromatic N) is 1. The molecule has 0 radical (unpaired) electrons. The van der Waals surface area contributed by atoms with E-state index in [-0.39, 0.29) is 5.91 Å². The summed E-state index contributed by atoms with van der Waals surface area (Å²) < 4.78 is 5.43. The Labute approximate surface area is 159 Å². The van der Waals surface area contributed by atoms with Crippen molar-refractivity contribution in [3.05, 3.63) is 83.6 Å².